The quantitative estimate of drug-likeness (QED) is 0.704. The maximum absolute atomic E-state index is 13.2. The summed E-state index contributed by atoms with van der Waals surface area (Å²) in [6.07, 6.45) is 3.58. The van der Waals surface area contributed by atoms with Crippen LogP contribution in [0.1, 0.15) is 69.2 Å². The molecule has 0 amide bonds. The van der Waals surface area contributed by atoms with Crippen molar-refractivity contribution in [3.05, 3.63) is 35.9 Å². The van der Waals surface area contributed by atoms with Gasteiger partial charge in [-0.15, -0.1) is 0 Å². The van der Waals surface area contributed by atoms with Crippen LogP contribution in [0.4, 0.5) is 0 Å². The highest BCUT2D eigenvalue weighted by Gasteiger charge is 2.63. The zero-order valence-corrected chi connectivity index (χ0v) is 18.5. The summed E-state index contributed by atoms with van der Waals surface area (Å²) in [5.41, 5.74) is 0.224. The van der Waals surface area contributed by atoms with E-state index in [1.54, 1.807) is 12.1 Å². The van der Waals surface area contributed by atoms with Gasteiger partial charge >= 0.3 is 5.97 Å². The fraction of sp³-hybridized carbons (Fsp3) is 0.692. The SMILES string of the molecule is C[C@]12C[C@@H](O)[C@@H](O)C[C@@H]1C(=O)C[C@@H]1[C@@H]2CC[C@]2(C)[C@@H](OC(=O)c3ccccc3)CC[C@@H]12. The van der Waals surface area contributed by atoms with Gasteiger partial charge < -0.3 is 14.9 Å². The Labute approximate surface area is 184 Å². The van der Waals surface area contributed by atoms with Gasteiger partial charge in [-0.25, -0.2) is 4.79 Å². The molecule has 0 radical (unpaired) electrons. The molecule has 0 bridgehead atoms. The first-order chi connectivity index (χ1) is 14.7. The smallest absolute Gasteiger partial charge is 0.338 e. The van der Waals surface area contributed by atoms with Crippen LogP contribution in [0.25, 0.3) is 0 Å². The van der Waals surface area contributed by atoms with Crippen LogP contribution >= 0.6 is 0 Å². The van der Waals surface area contributed by atoms with E-state index in [4.69, 9.17) is 4.74 Å². The van der Waals surface area contributed by atoms with Crippen molar-refractivity contribution in [3.63, 3.8) is 0 Å². The van der Waals surface area contributed by atoms with Crippen molar-refractivity contribution in [2.45, 2.75) is 77.1 Å². The van der Waals surface area contributed by atoms with Crippen molar-refractivity contribution >= 4 is 11.8 Å². The summed E-state index contributed by atoms with van der Waals surface area (Å²) in [6.45, 7) is 4.42. The average molecular weight is 427 g/mol. The lowest BCUT2D eigenvalue weighted by molar-refractivity contribution is -0.175. The summed E-state index contributed by atoms with van der Waals surface area (Å²) in [4.78, 5) is 25.9. The Bertz CT molecular complexity index is 868. The standard InChI is InChI=1S/C26H34O5/c1-25-11-10-18-16(12-20(27)19-13-21(28)22(29)14-26(18,19)2)17(25)8-9-23(25)31-24(30)15-6-4-3-5-7-15/h3-7,16-19,21-23,28-29H,8-14H2,1-2H3/t16-,17-,18-,19+,21-,22+,23-,25-,26+/m0/s1. The second kappa shape index (κ2) is 7.41. The molecule has 4 fully saturated rings. The number of Topliss-reactive ketones (excluding diaryl/α,β-unsaturated/α-hetero) is 1. The van der Waals surface area contributed by atoms with Crippen LogP contribution in [0.15, 0.2) is 30.3 Å². The van der Waals surface area contributed by atoms with Crippen molar-refractivity contribution in [1.29, 1.82) is 0 Å². The van der Waals surface area contributed by atoms with Gasteiger partial charge in [0.1, 0.15) is 11.9 Å². The summed E-state index contributed by atoms with van der Waals surface area (Å²) >= 11 is 0. The molecule has 1 aromatic carbocycles. The Morgan fingerprint density at radius 2 is 1.71 bits per heavy atom. The third-order valence-corrected chi connectivity index (χ3v) is 9.65. The number of fused-ring (bicyclic) bond motifs is 5. The molecule has 0 aromatic heterocycles. The van der Waals surface area contributed by atoms with E-state index in [0.29, 0.717) is 36.7 Å². The molecule has 4 aliphatic rings. The number of aliphatic hydroxyl groups is 2. The number of rotatable bonds is 2. The molecule has 5 heteroatoms. The van der Waals surface area contributed by atoms with E-state index in [9.17, 15) is 19.8 Å². The van der Waals surface area contributed by atoms with Crippen molar-refractivity contribution in [2.75, 3.05) is 0 Å². The number of carbonyl (C=O) groups excluding carboxylic acids is 2. The third kappa shape index (κ3) is 3.19. The summed E-state index contributed by atoms with van der Waals surface area (Å²) in [5.74, 6) is 0.846. The van der Waals surface area contributed by atoms with Gasteiger partial charge in [0.05, 0.1) is 17.8 Å². The van der Waals surface area contributed by atoms with Crippen LogP contribution in [0.2, 0.25) is 0 Å². The van der Waals surface area contributed by atoms with Gasteiger partial charge in [-0.2, -0.15) is 0 Å². The number of aliphatic hydroxyl groups excluding tert-OH is 2. The Morgan fingerprint density at radius 3 is 2.45 bits per heavy atom. The van der Waals surface area contributed by atoms with Gasteiger partial charge in [0.15, 0.2) is 0 Å². The molecule has 31 heavy (non-hydrogen) atoms. The molecule has 1 aromatic rings. The van der Waals surface area contributed by atoms with Crippen LogP contribution in [0.5, 0.6) is 0 Å². The van der Waals surface area contributed by atoms with Crippen LogP contribution < -0.4 is 0 Å². The number of ketones is 1. The molecule has 0 saturated heterocycles. The van der Waals surface area contributed by atoms with E-state index in [2.05, 4.69) is 13.8 Å². The maximum Gasteiger partial charge on any atom is 0.338 e. The number of hydrogen-bond donors (Lipinski definition) is 2. The lowest BCUT2D eigenvalue weighted by atomic mass is 9.44. The van der Waals surface area contributed by atoms with Crippen LogP contribution in [-0.2, 0) is 9.53 Å². The molecule has 168 valence electrons. The third-order valence-electron chi connectivity index (χ3n) is 9.65. The molecule has 0 spiro atoms. The predicted octanol–water partition coefficient (Wildman–Crippen LogP) is 3.77. The lowest BCUT2D eigenvalue weighted by Crippen LogP contribution is -2.59. The summed E-state index contributed by atoms with van der Waals surface area (Å²) in [7, 11) is 0. The highest BCUT2D eigenvalue weighted by atomic mass is 16.5. The predicted molar refractivity (Wildman–Crippen MR) is 115 cm³/mol. The van der Waals surface area contributed by atoms with Gasteiger partial charge in [0, 0.05) is 17.8 Å². The zero-order valence-electron chi connectivity index (χ0n) is 18.5. The fourth-order valence-electron chi connectivity index (χ4n) is 7.99. The first kappa shape index (κ1) is 21.1. The van der Waals surface area contributed by atoms with Crippen LogP contribution in [0, 0.1) is 34.5 Å². The van der Waals surface area contributed by atoms with Gasteiger partial charge in [-0.1, -0.05) is 32.0 Å². The molecule has 0 unspecified atom stereocenters. The molecule has 9 atom stereocenters. The van der Waals surface area contributed by atoms with E-state index in [-0.39, 0.29) is 40.5 Å². The van der Waals surface area contributed by atoms with E-state index in [1.165, 1.54) is 0 Å². The first-order valence-corrected chi connectivity index (χ1v) is 11.9. The van der Waals surface area contributed by atoms with Crippen molar-refractivity contribution in [3.8, 4) is 0 Å². The maximum atomic E-state index is 13.2. The molecule has 4 saturated carbocycles. The minimum atomic E-state index is -0.791. The number of esters is 1. The molecule has 0 heterocycles. The minimum Gasteiger partial charge on any atom is -0.458 e. The van der Waals surface area contributed by atoms with Gasteiger partial charge in [0.2, 0.25) is 0 Å². The van der Waals surface area contributed by atoms with Gasteiger partial charge in [-0.3, -0.25) is 4.79 Å². The Morgan fingerprint density at radius 1 is 1.00 bits per heavy atom. The molecule has 2 N–H and O–H groups in total. The van der Waals surface area contributed by atoms with E-state index in [0.717, 1.165) is 25.7 Å². The second-order valence-electron chi connectivity index (χ2n) is 11.1. The number of benzene rings is 1. The normalized spacial score (nSPS) is 46.6. The molecular weight excluding hydrogens is 392 g/mol. The Balaban J connectivity index is 1.38. The molecule has 0 aliphatic heterocycles. The lowest BCUT2D eigenvalue weighted by Gasteiger charge is -2.60. The monoisotopic (exact) mass is 426 g/mol. The van der Waals surface area contributed by atoms with E-state index < -0.39 is 12.2 Å². The van der Waals surface area contributed by atoms with Crippen molar-refractivity contribution in [2.24, 2.45) is 34.5 Å². The first-order valence-electron chi connectivity index (χ1n) is 11.9. The number of ether oxygens (including phenoxy) is 1. The minimum absolute atomic E-state index is 0.109. The van der Waals surface area contributed by atoms with Crippen molar-refractivity contribution < 1.29 is 24.5 Å². The molecule has 5 nitrogen and oxygen atoms in total. The summed E-state index contributed by atoms with van der Waals surface area (Å²) < 4.78 is 6.04. The Kier molecular flexibility index (Phi) is 5.06. The molecular formula is C26H34O5. The van der Waals surface area contributed by atoms with Gasteiger partial charge in [0.25, 0.3) is 0 Å². The Hall–Kier alpha value is -1.72. The number of hydrogen-bond acceptors (Lipinski definition) is 5. The zero-order chi connectivity index (χ0) is 22.0. The van der Waals surface area contributed by atoms with Crippen LogP contribution in [-0.4, -0.2) is 40.3 Å². The molecule has 4 aliphatic carbocycles. The summed E-state index contributed by atoms with van der Waals surface area (Å²) in [5, 5.41) is 20.6. The summed E-state index contributed by atoms with van der Waals surface area (Å²) in [6, 6.07) is 9.16. The average Bonchev–Trinajstić information content (AvgIpc) is 3.07. The van der Waals surface area contributed by atoms with Crippen molar-refractivity contribution in [1.82, 2.24) is 0 Å². The fourth-order valence-corrected chi connectivity index (χ4v) is 7.99. The molecule has 5 rings (SSSR count). The van der Waals surface area contributed by atoms with Crippen LogP contribution in [0.3, 0.4) is 0 Å². The number of carbonyl (C=O) groups is 2. The van der Waals surface area contributed by atoms with E-state index in [1.807, 2.05) is 18.2 Å². The van der Waals surface area contributed by atoms with Gasteiger partial charge in [-0.05, 0) is 73.8 Å². The largest absolute Gasteiger partial charge is 0.458 e. The van der Waals surface area contributed by atoms with E-state index >= 15 is 0 Å². The topological polar surface area (TPSA) is 83.8 Å². The highest BCUT2D eigenvalue weighted by Crippen LogP contribution is 2.65. The highest BCUT2D eigenvalue weighted by molar-refractivity contribution is 5.89. The second-order valence-corrected chi connectivity index (χ2v) is 11.1.